The lowest BCUT2D eigenvalue weighted by Gasteiger charge is -2.12. The summed E-state index contributed by atoms with van der Waals surface area (Å²) in [4.78, 5) is 28.5. The molecule has 0 saturated heterocycles. The first-order chi connectivity index (χ1) is 14.5. The van der Waals surface area contributed by atoms with Crippen LogP contribution < -0.4 is 14.8 Å². The van der Waals surface area contributed by atoms with Crippen molar-refractivity contribution in [2.45, 2.75) is 13.2 Å². The second kappa shape index (κ2) is 9.64. The van der Waals surface area contributed by atoms with E-state index in [2.05, 4.69) is 15.0 Å². The Balaban J connectivity index is 1.55. The molecule has 0 fully saturated rings. The molecule has 0 aliphatic rings. The van der Waals surface area contributed by atoms with E-state index in [1.165, 1.54) is 25.3 Å². The SMILES string of the molecule is COc1cc(CNC(=O)COC(=O)c2cccc3cccnc23)ccc1OC(F)F. The fraction of sp³-hybridized carbons (Fsp3) is 0.190. The maximum Gasteiger partial charge on any atom is 0.387 e. The zero-order valence-corrected chi connectivity index (χ0v) is 15.9. The number of ether oxygens (including phenoxy) is 3. The first kappa shape index (κ1) is 21.0. The van der Waals surface area contributed by atoms with Crippen LogP contribution in [-0.4, -0.2) is 37.2 Å². The van der Waals surface area contributed by atoms with Gasteiger partial charge in [0, 0.05) is 18.1 Å². The number of fused-ring (bicyclic) bond motifs is 1. The molecule has 2 aromatic carbocycles. The Morgan fingerprint density at radius 1 is 1.10 bits per heavy atom. The molecule has 1 amide bonds. The van der Waals surface area contributed by atoms with Gasteiger partial charge in [-0.15, -0.1) is 0 Å². The third-order valence-electron chi connectivity index (χ3n) is 4.12. The van der Waals surface area contributed by atoms with Crippen molar-refractivity contribution in [2.24, 2.45) is 0 Å². The van der Waals surface area contributed by atoms with Crippen LogP contribution >= 0.6 is 0 Å². The molecule has 1 heterocycles. The van der Waals surface area contributed by atoms with Crippen LogP contribution in [0.4, 0.5) is 8.78 Å². The Hall–Kier alpha value is -3.75. The van der Waals surface area contributed by atoms with Crippen molar-refractivity contribution < 1.29 is 32.6 Å². The quantitative estimate of drug-likeness (QED) is 0.567. The molecule has 3 rings (SSSR count). The number of amides is 1. The third kappa shape index (κ3) is 5.19. The van der Waals surface area contributed by atoms with E-state index in [0.29, 0.717) is 11.1 Å². The molecule has 1 aromatic heterocycles. The molecular formula is C21H18F2N2O5. The Labute approximate surface area is 170 Å². The predicted octanol–water partition coefficient (Wildman–Crippen LogP) is 3.32. The molecule has 0 radical (unpaired) electrons. The van der Waals surface area contributed by atoms with Crippen molar-refractivity contribution in [2.75, 3.05) is 13.7 Å². The van der Waals surface area contributed by atoms with Gasteiger partial charge in [-0.05, 0) is 29.8 Å². The van der Waals surface area contributed by atoms with Crippen molar-refractivity contribution in [1.82, 2.24) is 10.3 Å². The first-order valence-electron chi connectivity index (χ1n) is 8.87. The summed E-state index contributed by atoms with van der Waals surface area (Å²) in [5.74, 6) is -1.19. The number of pyridine rings is 1. The van der Waals surface area contributed by atoms with Gasteiger partial charge in [0.05, 0.1) is 18.2 Å². The summed E-state index contributed by atoms with van der Waals surface area (Å²) in [7, 11) is 1.32. The fourth-order valence-electron chi connectivity index (χ4n) is 2.74. The number of halogens is 2. The number of hydrogen-bond acceptors (Lipinski definition) is 6. The normalized spacial score (nSPS) is 10.7. The number of carbonyl (C=O) groups excluding carboxylic acids is 2. The van der Waals surface area contributed by atoms with Gasteiger partial charge in [0.25, 0.3) is 5.91 Å². The van der Waals surface area contributed by atoms with Gasteiger partial charge in [0.15, 0.2) is 18.1 Å². The highest BCUT2D eigenvalue weighted by atomic mass is 19.3. The van der Waals surface area contributed by atoms with Crippen LogP contribution in [0.5, 0.6) is 11.5 Å². The monoisotopic (exact) mass is 416 g/mol. The number of carbonyl (C=O) groups is 2. The zero-order valence-electron chi connectivity index (χ0n) is 15.9. The van der Waals surface area contributed by atoms with Gasteiger partial charge in [0.1, 0.15) is 0 Å². The molecule has 9 heteroatoms. The van der Waals surface area contributed by atoms with Gasteiger partial charge in [-0.1, -0.05) is 24.3 Å². The largest absolute Gasteiger partial charge is 0.493 e. The van der Waals surface area contributed by atoms with E-state index in [-0.39, 0.29) is 23.6 Å². The van der Waals surface area contributed by atoms with Gasteiger partial charge in [-0.25, -0.2) is 4.79 Å². The van der Waals surface area contributed by atoms with Crippen LogP contribution in [0.1, 0.15) is 15.9 Å². The van der Waals surface area contributed by atoms with Crippen LogP contribution in [0.2, 0.25) is 0 Å². The van der Waals surface area contributed by atoms with E-state index in [9.17, 15) is 18.4 Å². The van der Waals surface area contributed by atoms with E-state index in [0.717, 1.165) is 5.39 Å². The smallest absolute Gasteiger partial charge is 0.387 e. The van der Waals surface area contributed by atoms with E-state index in [1.807, 2.05) is 12.1 Å². The molecule has 0 atom stereocenters. The van der Waals surface area contributed by atoms with Gasteiger partial charge in [0.2, 0.25) is 0 Å². The van der Waals surface area contributed by atoms with Crippen molar-refractivity contribution >= 4 is 22.8 Å². The maximum atomic E-state index is 12.4. The van der Waals surface area contributed by atoms with Crippen LogP contribution in [0.15, 0.2) is 54.7 Å². The minimum atomic E-state index is -2.98. The minimum absolute atomic E-state index is 0.0809. The average Bonchev–Trinajstić information content (AvgIpc) is 2.75. The first-order valence-corrected chi connectivity index (χ1v) is 8.87. The van der Waals surface area contributed by atoms with Crippen LogP contribution in [0.3, 0.4) is 0 Å². The molecule has 3 aromatic rings. The number of aromatic nitrogens is 1. The average molecular weight is 416 g/mol. The Morgan fingerprint density at radius 2 is 1.90 bits per heavy atom. The number of benzene rings is 2. The molecular weight excluding hydrogens is 398 g/mol. The summed E-state index contributed by atoms with van der Waals surface area (Å²) in [6.45, 7) is -3.38. The van der Waals surface area contributed by atoms with Crippen LogP contribution in [0, 0.1) is 0 Å². The number of nitrogens with zero attached hydrogens (tertiary/aromatic N) is 1. The lowest BCUT2D eigenvalue weighted by Crippen LogP contribution is -2.28. The fourth-order valence-corrected chi connectivity index (χ4v) is 2.74. The second-order valence-electron chi connectivity index (χ2n) is 6.10. The van der Waals surface area contributed by atoms with E-state index < -0.39 is 25.1 Å². The van der Waals surface area contributed by atoms with Crippen molar-refractivity contribution in [3.63, 3.8) is 0 Å². The van der Waals surface area contributed by atoms with Gasteiger partial charge in [-0.2, -0.15) is 8.78 Å². The summed E-state index contributed by atoms with van der Waals surface area (Å²) >= 11 is 0. The summed E-state index contributed by atoms with van der Waals surface area (Å²) in [5.41, 5.74) is 1.34. The van der Waals surface area contributed by atoms with E-state index in [1.54, 1.807) is 24.4 Å². The molecule has 0 saturated carbocycles. The Morgan fingerprint density at radius 3 is 2.67 bits per heavy atom. The van der Waals surface area contributed by atoms with Crippen molar-refractivity contribution in [1.29, 1.82) is 0 Å². The maximum absolute atomic E-state index is 12.4. The lowest BCUT2D eigenvalue weighted by molar-refractivity contribution is -0.124. The second-order valence-corrected chi connectivity index (χ2v) is 6.10. The van der Waals surface area contributed by atoms with Gasteiger partial charge >= 0.3 is 12.6 Å². The number of esters is 1. The number of nitrogens with one attached hydrogen (secondary N) is 1. The number of hydrogen-bond donors (Lipinski definition) is 1. The van der Waals surface area contributed by atoms with E-state index in [4.69, 9.17) is 9.47 Å². The summed E-state index contributed by atoms with van der Waals surface area (Å²) in [5, 5.41) is 3.36. The minimum Gasteiger partial charge on any atom is -0.493 e. The lowest BCUT2D eigenvalue weighted by atomic mass is 10.1. The number of methoxy groups -OCH3 is 1. The molecule has 30 heavy (non-hydrogen) atoms. The van der Waals surface area contributed by atoms with Crippen LogP contribution in [-0.2, 0) is 16.1 Å². The topological polar surface area (TPSA) is 86.8 Å². The molecule has 156 valence electrons. The third-order valence-corrected chi connectivity index (χ3v) is 4.12. The summed E-state index contributed by atoms with van der Waals surface area (Å²) < 4.78 is 39.2. The zero-order chi connectivity index (χ0) is 21.5. The van der Waals surface area contributed by atoms with Crippen molar-refractivity contribution in [3.05, 3.63) is 65.9 Å². The number of alkyl halides is 2. The number of rotatable bonds is 8. The molecule has 0 aliphatic heterocycles. The van der Waals surface area contributed by atoms with Gasteiger partial charge in [-0.3, -0.25) is 9.78 Å². The van der Waals surface area contributed by atoms with Crippen LogP contribution in [0.25, 0.3) is 10.9 Å². The molecule has 0 aliphatic carbocycles. The molecule has 0 unspecified atom stereocenters. The molecule has 0 spiro atoms. The molecule has 1 N–H and O–H groups in total. The van der Waals surface area contributed by atoms with Gasteiger partial charge < -0.3 is 19.5 Å². The highest BCUT2D eigenvalue weighted by Gasteiger charge is 2.15. The summed E-state index contributed by atoms with van der Waals surface area (Å²) in [6, 6.07) is 13.0. The standard InChI is InChI=1S/C21H18F2N2O5/c1-28-17-10-13(7-8-16(17)30-21(22)23)11-25-18(26)12-29-20(27)15-6-2-4-14-5-3-9-24-19(14)15/h2-10,21H,11-12H2,1H3,(H,25,26). The van der Waals surface area contributed by atoms with E-state index >= 15 is 0 Å². The Bertz CT molecular complexity index is 1050. The summed E-state index contributed by atoms with van der Waals surface area (Å²) in [6.07, 6.45) is 1.57. The molecule has 7 nitrogen and oxygen atoms in total. The predicted molar refractivity (Wildman–Crippen MR) is 103 cm³/mol. The highest BCUT2D eigenvalue weighted by Crippen LogP contribution is 2.29. The van der Waals surface area contributed by atoms with Crippen molar-refractivity contribution in [3.8, 4) is 11.5 Å². The number of para-hydroxylation sites is 1. The molecule has 0 bridgehead atoms. The Kier molecular flexibility index (Phi) is 6.74. The highest BCUT2D eigenvalue weighted by molar-refractivity contribution is 6.03.